The van der Waals surface area contributed by atoms with Crippen LogP contribution in [0.1, 0.15) is 27.2 Å². The largest absolute Gasteiger partial charge is 0.396 e. The predicted octanol–water partition coefficient (Wildman–Crippen LogP) is 0.414. The summed E-state index contributed by atoms with van der Waals surface area (Å²) in [6.45, 7) is 8.33. The molecular formula is C11H24N2O2. The lowest BCUT2D eigenvalue weighted by Gasteiger charge is -2.48. The first-order valence-corrected chi connectivity index (χ1v) is 5.68. The number of hydrogen-bond donors (Lipinski definition) is 2. The summed E-state index contributed by atoms with van der Waals surface area (Å²) < 4.78 is 5.79. The van der Waals surface area contributed by atoms with Crippen LogP contribution in [0.15, 0.2) is 0 Å². The van der Waals surface area contributed by atoms with Crippen LogP contribution in [0, 0.1) is 0 Å². The topological polar surface area (TPSA) is 44.7 Å². The number of hydrogen-bond acceptors (Lipinski definition) is 4. The van der Waals surface area contributed by atoms with Crippen LogP contribution in [0.5, 0.6) is 0 Å². The number of likely N-dealkylation sites (N-methyl/N-ethyl adjacent to an activating group) is 1. The Kier molecular flexibility index (Phi) is 4.52. The third-order valence-electron chi connectivity index (χ3n) is 3.21. The lowest BCUT2D eigenvalue weighted by atomic mass is 9.98. The first kappa shape index (κ1) is 12.9. The maximum atomic E-state index is 8.72. The van der Waals surface area contributed by atoms with Gasteiger partial charge in [0.2, 0.25) is 0 Å². The second kappa shape index (κ2) is 5.25. The van der Waals surface area contributed by atoms with Crippen molar-refractivity contribution in [2.24, 2.45) is 0 Å². The third kappa shape index (κ3) is 3.14. The van der Waals surface area contributed by atoms with Crippen LogP contribution in [0.4, 0.5) is 0 Å². The van der Waals surface area contributed by atoms with Crippen LogP contribution in [0.25, 0.3) is 0 Å². The van der Waals surface area contributed by atoms with Gasteiger partial charge in [0.15, 0.2) is 0 Å². The molecule has 1 fully saturated rings. The summed E-state index contributed by atoms with van der Waals surface area (Å²) in [6.07, 6.45) is 0.803. The van der Waals surface area contributed by atoms with Crippen molar-refractivity contribution in [1.82, 2.24) is 10.2 Å². The molecule has 0 amide bonds. The van der Waals surface area contributed by atoms with E-state index >= 15 is 0 Å². The van der Waals surface area contributed by atoms with Gasteiger partial charge >= 0.3 is 0 Å². The maximum Gasteiger partial charge on any atom is 0.126 e. The molecule has 0 spiro atoms. The standard InChI is InChI=1S/C11H24N2O2/c1-9-10(15-7-5-6-14)13(4)11(2,3)8-12-9/h9-10,12,14H,5-8H2,1-4H3/t9-,10?/m0/s1. The highest BCUT2D eigenvalue weighted by molar-refractivity contribution is 4.92. The van der Waals surface area contributed by atoms with Crippen molar-refractivity contribution in [2.45, 2.75) is 45.0 Å². The minimum absolute atomic E-state index is 0.0975. The molecule has 0 bridgehead atoms. The lowest BCUT2D eigenvalue weighted by Crippen LogP contribution is -2.65. The first-order valence-electron chi connectivity index (χ1n) is 5.68. The van der Waals surface area contributed by atoms with E-state index in [1.807, 2.05) is 0 Å². The Hall–Kier alpha value is -0.160. The molecule has 1 aliphatic rings. The molecule has 0 aliphatic carbocycles. The average Bonchev–Trinajstić information content (AvgIpc) is 2.18. The minimum atomic E-state index is 0.0975. The van der Waals surface area contributed by atoms with Gasteiger partial charge in [0.1, 0.15) is 6.23 Å². The van der Waals surface area contributed by atoms with E-state index in [-0.39, 0.29) is 18.4 Å². The summed E-state index contributed by atoms with van der Waals surface area (Å²) >= 11 is 0. The van der Waals surface area contributed by atoms with Crippen molar-refractivity contribution in [1.29, 1.82) is 0 Å². The zero-order valence-corrected chi connectivity index (χ0v) is 10.3. The Labute approximate surface area is 92.6 Å². The Morgan fingerprint density at radius 2 is 2.20 bits per heavy atom. The molecule has 0 aromatic heterocycles. The summed E-state index contributed by atoms with van der Waals surface area (Å²) in [5.41, 5.74) is 0.121. The summed E-state index contributed by atoms with van der Waals surface area (Å²) in [7, 11) is 2.10. The molecule has 1 rings (SSSR count). The van der Waals surface area contributed by atoms with Gasteiger partial charge in [-0.3, -0.25) is 4.90 Å². The van der Waals surface area contributed by atoms with Gasteiger partial charge in [-0.1, -0.05) is 0 Å². The van der Waals surface area contributed by atoms with Crippen molar-refractivity contribution in [3.63, 3.8) is 0 Å². The Bertz CT molecular complexity index is 197. The molecule has 0 aromatic carbocycles. The highest BCUT2D eigenvalue weighted by Crippen LogP contribution is 2.22. The molecule has 0 aromatic rings. The number of aliphatic hydroxyl groups excluding tert-OH is 1. The molecule has 2 N–H and O–H groups in total. The SMILES string of the molecule is C[C@@H]1NCC(C)(C)N(C)C1OCCCO. The predicted molar refractivity (Wildman–Crippen MR) is 60.7 cm³/mol. The molecule has 1 unspecified atom stereocenters. The molecule has 2 atom stereocenters. The number of rotatable bonds is 4. The van der Waals surface area contributed by atoms with E-state index in [1.54, 1.807) is 0 Å². The summed E-state index contributed by atoms with van der Waals surface area (Å²) in [5.74, 6) is 0. The van der Waals surface area contributed by atoms with Crippen molar-refractivity contribution in [2.75, 3.05) is 26.8 Å². The van der Waals surface area contributed by atoms with Crippen molar-refractivity contribution in [3.05, 3.63) is 0 Å². The molecule has 1 saturated heterocycles. The van der Waals surface area contributed by atoms with Gasteiger partial charge in [-0.15, -0.1) is 0 Å². The maximum absolute atomic E-state index is 8.72. The van der Waals surface area contributed by atoms with Crippen molar-refractivity contribution < 1.29 is 9.84 Å². The molecule has 90 valence electrons. The normalized spacial score (nSPS) is 31.8. The Morgan fingerprint density at radius 1 is 1.53 bits per heavy atom. The molecular weight excluding hydrogens is 192 g/mol. The fourth-order valence-corrected chi connectivity index (χ4v) is 1.84. The van der Waals surface area contributed by atoms with Gasteiger partial charge in [0.25, 0.3) is 0 Å². The fourth-order valence-electron chi connectivity index (χ4n) is 1.84. The average molecular weight is 216 g/mol. The van der Waals surface area contributed by atoms with E-state index in [0.29, 0.717) is 19.1 Å². The molecule has 15 heavy (non-hydrogen) atoms. The summed E-state index contributed by atoms with van der Waals surface area (Å²) in [4.78, 5) is 2.27. The molecule has 0 saturated carbocycles. The Balaban J connectivity index is 2.50. The smallest absolute Gasteiger partial charge is 0.126 e. The van der Waals surface area contributed by atoms with Crippen LogP contribution >= 0.6 is 0 Å². The zero-order chi connectivity index (χ0) is 11.5. The van der Waals surface area contributed by atoms with E-state index in [4.69, 9.17) is 9.84 Å². The zero-order valence-electron chi connectivity index (χ0n) is 10.3. The van der Waals surface area contributed by atoms with Crippen LogP contribution in [-0.2, 0) is 4.74 Å². The first-order chi connectivity index (χ1) is 6.99. The second-order valence-corrected chi connectivity index (χ2v) is 4.93. The van der Waals surface area contributed by atoms with Crippen molar-refractivity contribution in [3.8, 4) is 0 Å². The highest BCUT2D eigenvalue weighted by Gasteiger charge is 2.37. The molecule has 4 nitrogen and oxygen atoms in total. The second-order valence-electron chi connectivity index (χ2n) is 4.93. The number of nitrogens with one attached hydrogen (secondary N) is 1. The van der Waals surface area contributed by atoms with E-state index in [9.17, 15) is 0 Å². The number of piperazine rings is 1. The van der Waals surface area contributed by atoms with Gasteiger partial charge in [-0.25, -0.2) is 0 Å². The van der Waals surface area contributed by atoms with Gasteiger partial charge < -0.3 is 15.2 Å². The van der Waals surface area contributed by atoms with E-state index in [2.05, 4.69) is 38.0 Å². The quantitative estimate of drug-likeness (QED) is 0.668. The number of ether oxygens (including phenoxy) is 1. The molecule has 1 heterocycles. The third-order valence-corrected chi connectivity index (χ3v) is 3.21. The minimum Gasteiger partial charge on any atom is -0.396 e. The molecule has 0 radical (unpaired) electrons. The van der Waals surface area contributed by atoms with Gasteiger partial charge in [-0.2, -0.15) is 0 Å². The number of nitrogens with zero attached hydrogens (tertiary/aromatic N) is 1. The summed E-state index contributed by atoms with van der Waals surface area (Å²) in [5, 5.41) is 12.2. The highest BCUT2D eigenvalue weighted by atomic mass is 16.5. The molecule has 4 heteroatoms. The van der Waals surface area contributed by atoms with Gasteiger partial charge in [0.05, 0.1) is 6.61 Å². The lowest BCUT2D eigenvalue weighted by molar-refractivity contribution is -0.126. The summed E-state index contributed by atoms with van der Waals surface area (Å²) in [6, 6.07) is 0.335. The van der Waals surface area contributed by atoms with Gasteiger partial charge in [-0.05, 0) is 34.2 Å². The van der Waals surface area contributed by atoms with E-state index in [0.717, 1.165) is 6.54 Å². The van der Waals surface area contributed by atoms with Crippen LogP contribution in [0.2, 0.25) is 0 Å². The molecule has 1 aliphatic heterocycles. The van der Waals surface area contributed by atoms with Gasteiger partial charge in [0, 0.05) is 24.7 Å². The number of aliphatic hydroxyl groups is 1. The van der Waals surface area contributed by atoms with Crippen LogP contribution in [0.3, 0.4) is 0 Å². The van der Waals surface area contributed by atoms with Crippen LogP contribution in [-0.4, -0.2) is 54.6 Å². The van der Waals surface area contributed by atoms with Crippen LogP contribution < -0.4 is 5.32 Å². The fraction of sp³-hybridized carbons (Fsp3) is 1.00. The van der Waals surface area contributed by atoms with Crippen molar-refractivity contribution >= 4 is 0 Å². The van der Waals surface area contributed by atoms with E-state index in [1.165, 1.54) is 0 Å². The monoisotopic (exact) mass is 216 g/mol. The van der Waals surface area contributed by atoms with E-state index < -0.39 is 0 Å². The Morgan fingerprint density at radius 3 is 2.80 bits per heavy atom.